The van der Waals surface area contributed by atoms with Crippen LogP contribution >= 0.6 is 0 Å². The molecular formula is C16H25N3O. The van der Waals surface area contributed by atoms with Crippen LogP contribution in [0.4, 0.5) is 5.69 Å². The van der Waals surface area contributed by atoms with Gasteiger partial charge in [-0.15, -0.1) is 0 Å². The molecule has 4 heteroatoms. The highest BCUT2D eigenvalue weighted by Gasteiger charge is 2.31. The van der Waals surface area contributed by atoms with Gasteiger partial charge >= 0.3 is 0 Å². The molecule has 0 aliphatic heterocycles. The van der Waals surface area contributed by atoms with Crippen molar-refractivity contribution in [2.45, 2.75) is 51.7 Å². The summed E-state index contributed by atoms with van der Waals surface area (Å²) < 4.78 is 0. The number of rotatable bonds is 5. The second-order valence-electron chi connectivity index (χ2n) is 6.53. The molecule has 1 amide bonds. The largest absolute Gasteiger partial charge is 0.359 e. The van der Waals surface area contributed by atoms with Crippen LogP contribution in [0.15, 0.2) is 24.3 Å². The molecule has 110 valence electrons. The van der Waals surface area contributed by atoms with E-state index in [1.807, 2.05) is 32.9 Å². The lowest BCUT2D eigenvalue weighted by Gasteiger charge is -2.27. The van der Waals surface area contributed by atoms with Crippen LogP contribution in [0.3, 0.4) is 0 Å². The van der Waals surface area contributed by atoms with Gasteiger partial charge in [0.05, 0.1) is 6.54 Å². The zero-order valence-electron chi connectivity index (χ0n) is 12.6. The van der Waals surface area contributed by atoms with Gasteiger partial charge in [-0.25, -0.2) is 0 Å². The van der Waals surface area contributed by atoms with Crippen molar-refractivity contribution in [3.63, 3.8) is 0 Å². The Bertz CT molecular complexity index is 458. The van der Waals surface area contributed by atoms with Crippen LogP contribution < -0.4 is 16.0 Å². The van der Waals surface area contributed by atoms with E-state index in [4.69, 9.17) is 5.73 Å². The van der Waals surface area contributed by atoms with Crippen molar-refractivity contribution in [3.05, 3.63) is 29.8 Å². The van der Waals surface area contributed by atoms with Crippen LogP contribution in [0.5, 0.6) is 0 Å². The second-order valence-corrected chi connectivity index (χ2v) is 6.53. The summed E-state index contributed by atoms with van der Waals surface area (Å²) in [4.78, 5) is 14.3. The Morgan fingerprint density at radius 3 is 2.35 bits per heavy atom. The molecule has 1 aliphatic rings. The van der Waals surface area contributed by atoms with Gasteiger partial charge in [-0.3, -0.25) is 4.79 Å². The number of amides is 1. The van der Waals surface area contributed by atoms with E-state index >= 15 is 0 Å². The third-order valence-corrected chi connectivity index (χ3v) is 3.32. The highest BCUT2D eigenvalue weighted by molar-refractivity contribution is 5.82. The molecule has 1 aromatic carbocycles. The smallest absolute Gasteiger partial charge is 0.239 e. The summed E-state index contributed by atoms with van der Waals surface area (Å²) in [5.74, 6) is 0.0762. The minimum absolute atomic E-state index is 0.0762. The third-order valence-electron chi connectivity index (χ3n) is 3.32. The van der Waals surface area contributed by atoms with Gasteiger partial charge in [0, 0.05) is 23.8 Å². The average Bonchev–Trinajstić information content (AvgIpc) is 3.18. The Balaban J connectivity index is 2.05. The number of hydrogen-bond donors (Lipinski definition) is 2. The van der Waals surface area contributed by atoms with Crippen molar-refractivity contribution in [2.75, 3.05) is 11.4 Å². The fourth-order valence-corrected chi connectivity index (χ4v) is 2.25. The summed E-state index contributed by atoms with van der Waals surface area (Å²) in [7, 11) is 0. The van der Waals surface area contributed by atoms with E-state index in [-0.39, 0.29) is 11.4 Å². The number of nitrogens with zero attached hydrogens (tertiary/aromatic N) is 1. The lowest BCUT2D eigenvalue weighted by atomic mass is 10.1. The van der Waals surface area contributed by atoms with Crippen molar-refractivity contribution in [2.24, 2.45) is 5.73 Å². The van der Waals surface area contributed by atoms with Gasteiger partial charge in [0.1, 0.15) is 0 Å². The standard InChI is InChI=1S/C16H25N3O/c1-16(2,3)18-15(20)11-19(14-8-9-14)13-6-4-12(10-17)5-7-13/h4-7,14H,8-11,17H2,1-3H3,(H,18,20). The van der Waals surface area contributed by atoms with Gasteiger partial charge in [-0.1, -0.05) is 12.1 Å². The van der Waals surface area contributed by atoms with E-state index in [0.717, 1.165) is 11.3 Å². The molecule has 1 saturated carbocycles. The Morgan fingerprint density at radius 1 is 1.30 bits per heavy atom. The molecule has 1 aromatic rings. The number of carbonyl (C=O) groups excluding carboxylic acids is 1. The van der Waals surface area contributed by atoms with Crippen LogP contribution in [-0.4, -0.2) is 24.0 Å². The van der Waals surface area contributed by atoms with E-state index in [9.17, 15) is 4.79 Å². The number of anilines is 1. The normalized spacial score (nSPS) is 15.0. The maximum absolute atomic E-state index is 12.1. The molecule has 3 N–H and O–H groups in total. The van der Waals surface area contributed by atoms with E-state index in [2.05, 4.69) is 22.3 Å². The molecule has 0 bridgehead atoms. The Hall–Kier alpha value is -1.55. The number of nitrogens with one attached hydrogen (secondary N) is 1. The van der Waals surface area contributed by atoms with Gasteiger partial charge in [0.25, 0.3) is 0 Å². The average molecular weight is 275 g/mol. The van der Waals surface area contributed by atoms with E-state index in [1.165, 1.54) is 12.8 Å². The first-order chi connectivity index (χ1) is 9.39. The van der Waals surface area contributed by atoms with Crippen molar-refractivity contribution < 1.29 is 4.79 Å². The van der Waals surface area contributed by atoms with Gasteiger partial charge in [-0.2, -0.15) is 0 Å². The van der Waals surface area contributed by atoms with Crippen LogP contribution in [-0.2, 0) is 11.3 Å². The zero-order valence-corrected chi connectivity index (χ0v) is 12.6. The molecule has 0 saturated heterocycles. The Labute approximate surface area is 121 Å². The minimum atomic E-state index is -0.185. The predicted molar refractivity (Wildman–Crippen MR) is 82.6 cm³/mol. The maximum atomic E-state index is 12.1. The van der Waals surface area contributed by atoms with Crippen molar-refractivity contribution in [1.82, 2.24) is 5.32 Å². The molecule has 1 fully saturated rings. The van der Waals surface area contributed by atoms with Gasteiger partial charge in [-0.05, 0) is 51.3 Å². The molecule has 4 nitrogen and oxygen atoms in total. The zero-order chi connectivity index (χ0) is 14.8. The molecule has 0 spiro atoms. The maximum Gasteiger partial charge on any atom is 0.239 e. The quantitative estimate of drug-likeness (QED) is 0.864. The van der Waals surface area contributed by atoms with E-state index < -0.39 is 0 Å². The number of nitrogens with two attached hydrogens (primary N) is 1. The van der Waals surface area contributed by atoms with Gasteiger partial charge in [0.2, 0.25) is 5.91 Å². The molecule has 0 aromatic heterocycles. The molecule has 0 heterocycles. The minimum Gasteiger partial charge on any atom is -0.359 e. The Kier molecular flexibility index (Phi) is 4.33. The highest BCUT2D eigenvalue weighted by Crippen LogP contribution is 2.31. The van der Waals surface area contributed by atoms with Gasteiger partial charge < -0.3 is 16.0 Å². The highest BCUT2D eigenvalue weighted by atomic mass is 16.2. The van der Waals surface area contributed by atoms with Crippen molar-refractivity contribution in [1.29, 1.82) is 0 Å². The van der Waals surface area contributed by atoms with Crippen LogP contribution in [0, 0.1) is 0 Å². The lowest BCUT2D eigenvalue weighted by molar-refractivity contribution is -0.121. The topological polar surface area (TPSA) is 58.4 Å². The summed E-state index contributed by atoms with van der Waals surface area (Å²) >= 11 is 0. The first-order valence-corrected chi connectivity index (χ1v) is 7.26. The van der Waals surface area contributed by atoms with Crippen LogP contribution in [0.25, 0.3) is 0 Å². The number of hydrogen-bond acceptors (Lipinski definition) is 3. The number of carbonyl (C=O) groups is 1. The molecule has 2 rings (SSSR count). The molecule has 1 aliphatic carbocycles. The summed E-state index contributed by atoms with van der Waals surface area (Å²) in [5, 5.41) is 3.02. The lowest BCUT2D eigenvalue weighted by Crippen LogP contribution is -2.46. The predicted octanol–water partition coefficient (Wildman–Crippen LogP) is 2.03. The molecule has 0 radical (unpaired) electrons. The molecular weight excluding hydrogens is 250 g/mol. The molecule has 20 heavy (non-hydrogen) atoms. The van der Waals surface area contributed by atoms with E-state index in [1.54, 1.807) is 0 Å². The monoisotopic (exact) mass is 275 g/mol. The summed E-state index contributed by atoms with van der Waals surface area (Å²) in [5.41, 5.74) is 7.66. The van der Waals surface area contributed by atoms with Crippen LogP contribution in [0.2, 0.25) is 0 Å². The van der Waals surface area contributed by atoms with Gasteiger partial charge in [0.15, 0.2) is 0 Å². The second kappa shape index (κ2) is 5.83. The summed E-state index contributed by atoms with van der Waals surface area (Å²) in [6.07, 6.45) is 2.34. The molecule has 0 atom stereocenters. The van der Waals surface area contributed by atoms with Crippen molar-refractivity contribution >= 4 is 11.6 Å². The fraction of sp³-hybridized carbons (Fsp3) is 0.562. The number of benzene rings is 1. The SMILES string of the molecule is CC(C)(C)NC(=O)CN(c1ccc(CN)cc1)C1CC1. The van der Waals surface area contributed by atoms with Crippen LogP contribution in [0.1, 0.15) is 39.2 Å². The first kappa shape index (κ1) is 14.9. The fourth-order valence-electron chi connectivity index (χ4n) is 2.25. The third kappa shape index (κ3) is 4.23. The summed E-state index contributed by atoms with van der Waals surface area (Å²) in [6.45, 7) is 6.98. The Morgan fingerprint density at radius 2 is 1.90 bits per heavy atom. The van der Waals surface area contributed by atoms with E-state index in [0.29, 0.717) is 19.1 Å². The molecule has 0 unspecified atom stereocenters. The summed E-state index contributed by atoms with van der Waals surface area (Å²) in [6, 6.07) is 8.69. The first-order valence-electron chi connectivity index (χ1n) is 7.26. The van der Waals surface area contributed by atoms with Crippen molar-refractivity contribution in [3.8, 4) is 0 Å².